The summed E-state index contributed by atoms with van der Waals surface area (Å²) in [6.45, 7) is 0. The topological polar surface area (TPSA) is 86.5 Å². The molecule has 2 heterocycles. The van der Waals surface area contributed by atoms with E-state index in [0.717, 1.165) is 11.3 Å². The number of ether oxygens (including phenoxy) is 2. The minimum absolute atomic E-state index is 0.0729. The van der Waals surface area contributed by atoms with Crippen LogP contribution in [0, 0.1) is 0 Å². The fourth-order valence-corrected chi connectivity index (χ4v) is 3.48. The lowest BCUT2D eigenvalue weighted by Crippen LogP contribution is -2.11. The van der Waals surface area contributed by atoms with Gasteiger partial charge in [-0.1, -0.05) is 28.3 Å². The molecule has 1 amide bonds. The maximum Gasteiger partial charge on any atom is 0.322 e. The number of hydrogen-bond donors (Lipinski definition) is 1. The van der Waals surface area contributed by atoms with Gasteiger partial charge in [0.2, 0.25) is 0 Å². The molecule has 3 aromatic rings. The number of aromatic nitrogens is 2. The zero-order chi connectivity index (χ0) is 18.0. The zero-order valence-corrected chi connectivity index (χ0v) is 15.3. The molecule has 1 N–H and O–H groups in total. The fraction of sp³-hybridized carbons (Fsp3) is 0.133. The molecule has 0 radical (unpaired) electrons. The van der Waals surface area contributed by atoms with Crippen LogP contribution in [0.5, 0.6) is 11.5 Å². The first kappa shape index (κ1) is 17.5. The lowest BCUT2D eigenvalue weighted by atomic mass is 10.2. The molecule has 0 fully saturated rings. The number of amides is 1. The molecular formula is C15H11Cl2N3O4S. The van der Waals surface area contributed by atoms with E-state index in [1.54, 1.807) is 25.3 Å². The number of benzene rings is 1. The van der Waals surface area contributed by atoms with E-state index in [1.807, 2.05) is 0 Å². The van der Waals surface area contributed by atoms with Crippen LogP contribution in [-0.2, 0) is 0 Å². The average Bonchev–Trinajstić information content (AvgIpc) is 3.20. The Kier molecular flexibility index (Phi) is 5.12. The second-order valence-corrected chi connectivity index (χ2v) is 6.96. The zero-order valence-electron chi connectivity index (χ0n) is 13.0. The third-order valence-electron chi connectivity index (χ3n) is 3.19. The van der Waals surface area contributed by atoms with E-state index in [9.17, 15) is 4.79 Å². The first-order valence-electron chi connectivity index (χ1n) is 6.84. The van der Waals surface area contributed by atoms with Crippen molar-refractivity contribution in [3.05, 3.63) is 38.5 Å². The van der Waals surface area contributed by atoms with Gasteiger partial charge in [-0.3, -0.25) is 10.1 Å². The Morgan fingerprint density at radius 3 is 2.64 bits per heavy atom. The van der Waals surface area contributed by atoms with E-state index < -0.39 is 5.91 Å². The van der Waals surface area contributed by atoms with Gasteiger partial charge in [0, 0.05) is 6.07 Å². The van der Waals surface area contributed by atoms with Crippen LogP contribution in [0.4, 0.5) is 6.01 Å². The standard InChI is InChI=1S/C15H11Cl2N3O4S/c1-22-7-3-4-8(10(5-7)23-2)14-19-20-15(24-14)18-13(21)9-6-11(16)25-12(9)17/h3-6H,1-2H3,(H,18,20,21). The molecule has 25 heavy (non-hydrogen) atoms. The summed E-state index contributed by atoms with van der Waals surface area (Å²) in [6.07, 6.45) is 0. The van der Waals surface area contributed by atoms with E-state index in [1.165, 1.54) is 13.2 Å². The van der Waals surface area contributed by atoms with Gasteiger partial charge in [-0.05, 0) is 18.2 Å². The highest BCUT2D eigenvalue weighted by molar-refractivity contribution is 7.20. The summed E-state index contributed by atoms with van der Waals surface area (Å²) in [7, 11) is 3.07. The number of rotatable bonds is 5. The third kappa shape index (κ3) is 3.71. The SMILES string of the molecule is COc1ccc(-c2nnc(NC(=O)c3cc(Cl)sc3Cl)o2)c(OC)c1. The summed E-state index contributed by atoms with van der Waals surface area (Å²) in [5, 5.41) is 10.2. The monoisotopic (exact) mass is 399 g/mol. The van der Waals surface area contributed by atoms with Crippen LogP contribution in [0.15, 0.2) is 28.7 Å². The van der Waals surface area contributed by atoms with Crippen LogP contribution in [0.3, 0.4) is 0 Å². The Bertz CT molecular complexity index is 925. The highest BCUT2D eigenvalue weighted by Crippen LogP contribution is 2.34. The second kappa shape index (κ2) is 7.30. The highest BCUT2D eigenvalue weighted by atomic mass is 35.5. The average molecular weight is 400 g/mol. The van der Waals surface area contributed by atoms with E-state index >= 15 is 0 Å². The van der Waals surface area contributed by atoms with Crippen LogP contribution in [0.1, 0.15) is 10.4 Å². The minimum Gasteiger partial charge on any atom is -0.497 e. The normalized spacial score (nSPS) is 10.6. The van der Waals surface area contributed by atoms with E-state index in [4.69, 9.17) is 37.1 Å². The molecule has 0 spiro atoms. The van der Waals surface area contributed by atoms with Crippen LogP contribution >= 0.6 is 34.5 Å². The summed E-state index contributed by atoms with van der Waals surface area (Å²) >= 11 is 12.9. The number of carbonyl (C=O) groups excluding carboxylic acids is 1. The van der Waals surface area contributed by atoms with Crippen molar-refractivity contribution in [3.8, 4) is 23.0 Å². The van der Waals surface area contributed by atoms with Gasteiger partial charge < -0.3 is 13.9 Å². The van der Waals surface area contributed by atoms with Crippen LogP contribution in [-0.4, -0.2) is 30.3 Å². The summed E-state index contributed by atoms with van der Waals surface area (Å²) in [5.41, 5.74) is 0.798. The second-order valence-electron chi connectivity index (χ2n) is 4.67. The van der Waals surface area contributed by atoms with Crippen molar-refractivity contribution in [1.82, 2.24) is 10.2 Å². The number of nitrogens with one attached hydrogen (secondary N) is 1. The fourth-order valence-electron chi connectivity index (χ4n) is 2.02. The molecule has 0 saturated heterocycles. The quantitative estimate of drug-likeness (QED) is 0.684. The number of hydrogen-bond acceptors (Lipinski definition) is 7. The Balaban J connectivity index is 1.83. The molecule has 0 aliphatic carbocycles. The molecule has 0 bridgehead atoms. The molecular weight excluding hydrogens is 389 g/mol. The first-order chi connectivity index (χ1) is 12.0. The lowest BCUT2D eigenvalue weighted by Gasteiger charge is -2.07. The van der Waals surface area contributed by atoms with E-state index in [0.29, 0.717) is 21.4 Å². The van der Waals surface area contributed by atoms with Crippen molar-refractivity contribution in [3.63, 3.8) is 0 Å². The molecule has 3 rings (SSSR count). The van der Waals surface area contributed by atoms with Gasteiger partial charge in [0.25, 0.3) is 11.8 Å². The number of methoxy groups -OCH3 is 2. The van der Waals surface area contributed by atoms with E-state index in [-0.39, 0.29) is 21.8 Å². The number of nitrogens with zero attached hydrogens (tertiary/aromatic N) is 2. The van der Waals surface area contributed by atoms with Crippen molar-refractivity contribution in [2.24, 2.45) is 0 Å². The minimum atomic E-state index is -0.495. The molecule has 2 aromatic heterocycles. The van der Waals surface area contributed by atoms with Crippen LogP contribution in [0.2, 0.25) is 8.67 Å². The van der Waals surface area contributed by atoms with Gasteiger partial charge in [0.05, 0.1) is 29.7 Å². The van der Waals surface area contributed by atoms with Crippen molar-refractivity contribution < 1.29 is 18.7 Å². The van der Waals surface area contributed by atoms with Gasteiger partial charge >= 0.3 is 6.01 Å². The smallest absolute Gasteiger partial charge is 0.322 e. The molecule has 0 saturated carbocycles. The third-order valence-corrected chi connectivity index (χ3v) is 4.67. The Labute approximate surface area is 156 Å². The molecule has 0 aliphatic heterocycles. The highest BCUT2D eigenvalue weighted by Gasteiger charge is 2.19. The molecule has 130 valence electrons. The predicted octanol–water partition coefficient (Wildman–Crippen LogP) is 4.37. The lowest BCUT2D eigenvalue weighted by molar-refractivity contribution is 0.102. The number of thiophene rings is 1. The van der Waals surface area contributed by atoms with Crippen molar-refractivity contribution in [2.45, 2.75) is 0 Å². The van der Waals surface area contributed by atoms with E-state index in [2.05, 4.69) is 15.5 Å². The van der Waals surface area contributed by atoms with Gasteiger partial charge in [-0.25, -0.2) is 0 Å². The summed E-state index contributed by atoms with van der Waals surface area (Å²) in [5.74, 6) is 0.806. The maximum atomic E-state index is 12.2. The molecule has 7 nitrogen and oxygen atoms in total. The van der Waals surface area contributed by atoms with Crippen LogP contribution in [0.25, 0.3) is 11.5 Å². The Morgan fingerprint density at radius 2 is 2.00 bits per heavy atom. The van der Waals surface area contributed by atoms with Gasteiger partial charge in [0.15, 0.2) is 0 Å². The maximum absolute atomic E-state index is 12.2. The number of anilines is 1. The number of halogens is 2. The molecule has 0 atom stereocenters. The summed E-state index contributed by atoms with van der Waals surface area (Å²) < 4.78 is 16.6. The molecule has 0 unspecified atom stereocenters. The first-order valence-corrected chi connectivity index (χ1v) is 8.41. The Morgan fingerprint density at radius 1 is 1.20 bits per heavy atom. The summed E-state index contributed by atoms with van der Waals surface area (Å²) in [6, 6.07) is 6.52. The van der Waals surface area contributed by atoms with Gasteiger partial charge in [-0.15, -0.1) is 16.4 Å². The van der Waals surface area contributed by atoms with Crippen molar-refractivity contribution in [1.29, 1.82) is 0 Å². The van der Waals surface area contributed by atoms with Crippen molar-refractivity contribution in [2.75, 3.05) is 19.5 Å². The predicted molar refractivity (Wildman–Crippen MR) is 95.1 cm³/mol. The largest absolute Gasteiger partial charge is 0.497 e. The molecule has 1 aromatic carbocycles. The molecule has 10 heteroatoms. The Hall–Kier alpha value is -2.29. The number of carbonyl (C=O) groups is 1. The van der Waals surface area contributed by atoms with Crippen molar-refractivity contribution >= 4 is 46.5 Å². The van der Waals surface area contributed by atoms with Crippen LogP contribution < -0.4 is 14.8 Å². The summed E-state index contributed by atoms with van der Waals surface area (Å²) in [4.78, 5) is 12.2. The van der Waals surface area contributed by atoms with Gasteiger partial charge in [-0.2, -0.15) is 0 Å². The molecule has 0 aliphatic rings. The van der Waals surface area contributed by atoms with Gasteiger partial charge in [0.1, 0.15) is 15.8 Å².